The zero-order valence-corrected chi connectivity index (χ0v) is 15.3. The van der Waals surface area contributed by atoms with Crippen LogP contribution in [0.4, 0.5) is 0 Å². The molecule has 1 aromatic carbocycles. The fourth-order valence-corrected chi connectivity index (χ4v) is 4.04. The highest BCUT2D eigenvalue weighted by Crippen LogP contribution is 2.16. The SMILES string of the molecule is CCO[C@@H]1CCCN(C(=O)CCNS(=O)(=O)c2cccc(Cl)c2)C1. The van der Waals surface area contributed by atoms with Crippen LogP contribution < -0.4 is 4.72 Å². The van der Waals surface area contributed by atoms with Crippen molar-refractivity contribution in [3.05, 3.63) is 29.3 Å². The summed E-state index contributed by atoms with van der Waals surface area (Å²) >= 11 is 5.81. The Morgan fingerprint density at radius 1 is 1.46 bits per heavy atom. The lowest BCUT2D eigenvalue weighted by Gasteiger charge is -2.32. The maximum Gasteiger partial charge on any atom is 0.240 e. The second-order valence-corrected chi connectivity index (χ2v) is 7.87. The van der Waals surface area contributed by atoms with E-state index in [0.717, 1.165) is 12.8 Å². The summed E-state index contributed by atoms with van der Waals surface area (Å²) in [5.41, 5.74) is 0. The molecule has 1 aromatic rings. The number of hydrogen-bond acceptors (Lipinski definition) is 4. The van der Waals surface area contributed by atoms with Gasteiger partial charge in [0.15, 0.2) is 0 Å². The van der Waals surface area contributed by atoms with Crippen LogP contribution in [0.25, 0.3) is 0 Å². The number of amides is 1. The molecule has 0 radical (unpaired) electrons. The van der Waals surface area contributed by atoms with Gasteiger partial charge in [0.05, 0.1) is 11.0 Å². The average molecular weight is 375 g/mol. The number of likely N-dealkylation sites (tertiary alicyclic amines) is 1. The van der Waals surface area contributed by atoms with Crippen molar-refractivity contribution in [2.24, 2.45) is 0 Å². The van der Waals surface area contributed by atoms with Crippen molar-refractivity contribution in [2.75, 3.05) is 26.2 Å². The second kappa shape index (κ2) is 8.80. The van der Waals surface area contributed by atoms with Gasteiger partial charge in [-0.3, -0.25) is 4.79 Å². The molecule has 0 spiro atoms. The Morgan fingerprint density at radius 3 is 2.96 bits per heavy atom. The highest BCUT2D eigenvalue weighted by atomic mass is 35.5. The Hall–Kier alpha value is -1.15. The molecule has 1 N–H and O–H groups in total. The summed E-state index contributed by atoms with van der Waals surface area (Å²) in [6.45, 7) is 3.90. The summed E-state index contributed by atoms with van der Waals surface area (Å²) in [4.78, 5) is 14.1. The zero-order valence-electron chi connectivity index (χ0n) is 13.7. The lowest BCUT2D eigenvalue weighted by Crippen LogP contribution is -2.44. The van der Waals surface area contributed by atoms with E-state index in [9.17, 15) is 13.2 Å². The highest BCUT2D eigenvalue weighted by molar-refractivity contribution is 7.89. The molecule has 0 aromatic heterocycles. The minimum Gasteiger partial charge on any atom is -0.377 e. The van der Waals surface area contributed by atoms with Gasteiger partial charge >= 0.3 is 0 Å². The summed E-state index contributed by atoms with van der Waals surface area (Å²) in [5, 5.41) is 0.351. The standard InChI is InChI=1S/C16H23ClN2O4S/c1-2-23-14-6-4-10-19(12-14)16(20)8-9-18-24(21,22)15-7-3-5-13(17)11-15/h3,5,7,11,14,18H,2,4,6,8-10,12H2,1H3/t14-/m1/s1. The molecule has 1 aliphatic heterocycles. The minimum atomic E-state index is -3.66. The van der Waals surface area contributed by atoms with E-state index >= 15 is 0 Å². The van der Waals surface area contributed by atoms with Crippen LogP contribution in [0, 0.1) is 0 Å². The number of carbonyl (C=O) groups is 1. The molecular formula is C16H23ClN2O4S. The largest absolute Gasteiger partial charge is 0.377 e. The normalized spacial score (nSPS) is 18.6. The second-order valence-electron chi connectivity index (χ2n) is 5.66. The molecule has 6 nitrogen and oxygen atoms in total. The van der Waals surface area contributed by atoms with Crippen molar-refractivity contribution < 1.29 is 17.9 Å². The first-order valence-corrected chi connectivity index (χ1v) is 9.93. The van der Waals surface area contributed by atoms with Crippen LogP contribution >= 0.6 is 11.6 Å². The van der Waals surface area contributed by atoms with Gasteiger partial charge in [-0.05, 0) is 38.0 Å². The molecule has 2 rings (SSSR count). The van der Waals surface area contributed by atoms with Gasteiger partial charge in [-0.15, -0.1) is 0 Å². The van der Waals surface area contributed by atoms with Crippen molar-refractivity contribution in [3.63, 3.8) is 0 Å². The van der Waals surface area contributed by atoms with E-state index < -0.39 is 10.0 Å². The molecule has 0 unspecified atom stereocenters. The first-order valence-electron chi connectivity index (χ1n) is 8.07. The molecule has 1 aliphatic rings. The highest BCUT2D eigenvalue weighted by Gasteiger charge is 2.24. The van der Waals surface area contributed by atoms with E-state index in [0.29, 0.717) is 24.7 Å². The van der Waals surface area contributed by atoms with Gasteiger partial charge in [-0.2, -0.15) is 0 Å². The van der Waals surface area contributed by atoms with Crippen molar-refractivity contribution >= 4 is 27.5 Å². The van der Waals surface area contributed by atoms with Gasteiger partial charge in [0, 0.05) is 37.7 Å². The zero-order chi connectivity index (χ0) is 17.6. The summed E-state index contributed by atoms with van der Waals surface area (Å²) in [5.74, 6) is -0.0619. The van der Waals surface area contributed by atoms with Crippen LogP contribution in [-0.4, -0.2) is 51.6 Å². The van der Waals surface area contributed by atoms with Gasteiger partial charge < -0.3 is 9.64 Å². The summed E-state index contributed by atoms with van der Waals surface area (Å²) in [6.07, 6.45) is 2.07. The molecule has 24 heavy (non-hydrogen) atoms. The number of piperidine rings is 1. The molecule has 1 fully saturated rings. The fourth-order valence-electron chi connectivity index (χ4n) is 2.70. The van der Waals surface area contributed by atoms with Gasteiger partial charge in [0.25, 0.3) is 0 Å². The maximum absolute atomic E-state index is 12.2. The van der Waals surface area contributed by atoms with Crippen molar-refractivity contribution in [1.29, 1.82) is 0 Å². The molecule has 1 amide bonds. The summed E-state index contributed by atoms with van der Waals surface area (Å²) in [6, 6.07) is 6.02. The Labute approximate surface area is 148 Å². The number of rotatable bonds is 7. The predicted octanol–water partition coefficient (Wildman–Crippen LogP) is 2.04. The molecule has 1 atom stereocenters. The fraction of sp³-hybridized carbons (Fsp3) is 0.562. The van der Waals surface area contributed by atoms with E-state index in [1.54, 1.807) is 17.0 Å². The van der Waals surface area contributed by atoms with Crippen LogP contribution in [0.2, 0.25) is 5.02 Å². The van der Waals surface area contributed by atoms with E-state index in [1.807, 2.05) is 6.92 Å². The molecular weight excluding hydrogens is 352 g/mol. The number of sulfonamides is 1. The number of ether oxygens (including phenoxy) is 1. The number of nitrogens with one attached hydrogen (secondary N) is 1. The van der Waals surface area contributed by atoms with Crippen LogP contribution in [0.3, 0.4) is 0 Å². The van der Waals surface area contributed by atoms with Crippen LogP contribution in [0.5, 0.6) is 0 Å². The number of hydrogen-bond donors (Lipinski definition) is 1. The van der Waals surface area contributed by atoms with Gasteiger partial charge in [-0.1, -0.05) is 17.7 Å². The van der Waals surface area contributed by atoms with Crippen LogP contribution in [-0.2, 0) is 19.6 Å². The van der Waals surface area contributed by atoms with Crippen molar-refractivity contribution in [1.82, 2.24) is 9.62 Å². The number of carbonyl (C=O) groups excluding carboxylic acids is 1. The Kier molecular flexibility index (Phi) is 7.03. The molecule has 0 aliphatic carbocycles. The number of nitrogens with zero attached hydrogens (tertiary/aromatic N) is 1. The van der Waals surface area contributed by atoms with Crippen LogP contribution in [0.1, 0.15) is 26.2 Å². The lowest BCUT2D eigenvalue weighted by molar-refractivity contribution is -0.135. The predicted molar refractivity (Wildman–Crippen MR) is 92.5 cm³/mol. The monoisotopic (exact) mass is 374 g/mol. The lowest BCUT2D eigenvalue weighted by atomic mass is 10.1. The van der Waals surface area contributed by atoms with Gasteiger partial charge in [0.1, 0.15) is 0 Å². The number of benzene rings is 1. The Morgan fingerprint density at radius 2 is 2.25 bits per heavy atom. The summed E-state index contributed by atoms with van der Waals surface area (Å²) < 4.78 is 32.3. The topological polar surface area (TPSA) is 75.7 Å². The third-order valence-corrected chi connectivity index (χ3v) is 5.56. The van der Waals surface area contributed by atoms with Gasteiger partial charge in [0.2, 0.25) is 15.9 Å². The van der Waals surface area contributed by atoms with E-state index in [-0.39, 0.29) is 29.9 Å². The van der Waals surface area contributed by atoms with E-state index in [1.165, 1.54) is 12.1 Å². The van der Waals surface area contributed by atoms with Gasteiger partial charge in [-0.25, -0.2) is 13.1 Å². The van der Waals surface area contributed by atoms with Crippen molar-refractivity contribution in [3.8, 4) is 0 Å². The molecule has 8 heteroatoms. The third kappa shape index (κ3) is 5.44. The smallest absolute Gasteiger partial charge is 0.240 e. The first-order chi connectivity index (χ1) is 11.4. The Bertz CT molecular complexity index is 664. The summed E-state index contributed by atoms with van der Waals surface area (Å²) in [7, 11) is -3.66. The molecule has 134 valence electrons. The molecule has 0 saturated carbocycles. The quantitative estimate of drug-likeness (QED) is 0.792. The third-order valence-electron chi connectivity index (χ3n) is 3.87. The molecule has 1 heterocycles. The number of halogens is 1. The van der Waals surface area contributed by atoms with E-state index in [4.69, 9.17) is 16.3 Å². The molecule has 0 bridgehead atoms. The molecule has 1 saturated heterocycles. The average Bonchev–Trinajstić information content (AvgIpc) is 2.55. The Balaban J connectivity index is 1.83. The first kappa shape index (κ1) is 19.2. The van der Waals surface area contributed by atoms with E-state index in [2.05, 4.69) is 4.72 Å². The maximum atomic E-state index is 12.2. The van der Waals surface area contributed by atoms with Crippen molar-refractivity contribution in [2.45, 2.75) is 37.2 Å². The van der Waals surface area contributed by atoms with Crippen LogP contribution in [0.15, 0.2) is 29.2 Å². The minimum absolute atomic E-state index is 0.0590.